The standard InChI is InChI=1S/C23H24I3NO4/c1-23(2,3)31-22(29)27-10-8-15(9-11-27)14-4-6-17(7-5-14)30-21(28)18-12-16(24)13-19(25)20(18)26/h4-7,12-13,15H,8-11H2,1-3H3. The number of piperidine rings is 1. The summed E-state index contributed by atoms with van der Waals surface area (Å²) in [4.78, 5) is 26.7. The molecule has 3 rings (SSSR count). The lowest BCUT2D eigenvalue weighted by Gasteiger charge is -2.33. The van der Waals surface area contributed by atoms with E-state index in [0.29, 0.717) is 30.3 Å². The predicted molar refractivity (Wildman–Crippen MR) is 146 cm³/mol. The first kappa shape index (κ1) is 25.0. The summed E-state index contributed by atoms with van der Waals surface area (Å²) in [5, 5.41) is 0. The smallest absolute Gasteiger partial charge is 0.410 e. The van der Waals surface area contributed by atoms with Crippen molar-refractivity contribution in [1.82, 2.24) is 4.90 Å². The number of hydrogen-bond donors (Lipinski definition) is 0. The van der Waals surface area contributed by atoms with Crippen molar-refractivity contribution in [3.63, 3.8) is 0 Å². The van der Waals surface area contributed by atoms with Gasteiger partial charge >= 0.3 is 12.1 Å². The van der Waals surface area contributed by atoms with E-state index in [-0.39, 0.29) is 12.1 Å². The Morgan fingerprint density at radius 1 is 1.00 bits per heavy atom. The quantitative estimate of drug-likeness (QED) is 0.149. The Bertz CT molecular complexity index is 962. The molecule has 31 heavy (non-hydrogen) atoms. The molecule has 0 aliphatic carbocycles. The van der Waals surface area contributed by atoms with Crippen LogP contribution in [0.5, 0.6) is 5.75 Å². The Kier molecular flexibility index (Phi) is 8.50. The van der Waals surface area contributed by atoms with Crippen LogP contribution in [0.1, 0.15) is 55.5 Å². The molecule has 0 aromatic heterocycles. The number of hydrogen-bond acceptors (Lipinski definition) is 4. The maximum Gasteiger partial charge on any atom is 0.410 e. The zero-order valence-electron chi connectivity index (χ0n) is 17.6. The lowest BCUT2D eigenvalue weighted by Crippen LogP contribution is -2.41. The molecule has 2 aromatic carbocycles. The topological polar surface area (TPSA) is 55.8 Å². The van der Waals surface area contributed by atoms with Crippen LogP contribution in [0, 0.1) is 10.7 Å². The third-order valence-corrected chi connectivity index (χ3v) is 8.59. The first-order valence-electron chi connectivity index (χ1n) is 9.98. The highest BCUT2D eigenvalue weighted by molar-refractivity contribution is 14.1. The van der Waals surface area contributed by atoms with Crippen LogP contribution in [0.25, 0.3) is 0 Å². The lowest BCUT2D eigenvalue weighted by atomic mass is 9.89. The van der Waals surface area contributed by atoms with Crippen LogP contribution in [0.4, 0.5) is 4.79 Å². The molecule has 0 bridgehead atoms. The van der Waals surface area contributed by atoms with Crippen LogP contribution >= 0.6 is 67.8 Å². The molecule has 0 unspecified atom stereocenters. The van der Waals surface area contributed by atoms with Crippen LogP contribution < -0.4 is 4.74 Å². The summed E-state index contributed by atoms with van der Waals surface area (Å²) in [5.74, 6) is 0.561. The number of rotatable bonds is 3. The Morgan fingerprint density at radius 3 is 2.19 bits per heavy atom. The summed E-state index contributed by atoms with van der Waals surface area (Å²) in [5.41, 5.74) is 1.30. The number of esters is 1. The number of halogens is 3. The average Bonchev–Trinajstić information content (AvgIpc) is 2.70. The van der Waals surface area contributed by atoms with E-state index in [4.69, 9.17) is 9.47 Å². The Hall–Kier alpha value is -0.630. The van der Waals surface area contributed by atoms with Gasteiger partial charge in [0.2, 0.25) is 0 Å². The van der Waals surface area contributed by atoms with Gasteiger partial charge < -0.3 is 14.4 Å². The molecule has 2 aromatic rings. The highest BCUT2D eigenvalue weighted by atomic mass is 127. The largest absolute Gasteiger partial charge is 0.444 e. The van der Waals surface area contributed by atoms with E-state index in [9.17, 15) is 9.59 Å². The van der Waals surface area contributed by atoms with Crippen molar-refractivity contribution >= 4 is 79.8 Å². The van der Waals surface area contributed by atoms with Crippen molar-refractivity contribution < 1.29 is 19.1 Å². The fraction of sp³-hybridized carbons (Fsp3) is 0.391. The zero-order chi connectivity index (χ0) is 22.8. The SMILES string of the molecule is CC(C)(C)OC(=O)N1CCC(c2ccc(OC(=O)c3cc(I)cc(I)c3I)cc2)CC1. The van der Waals surface area contributed by atoms with Crippen LogP contribution in [-0.2, 0) is 4.74 Å². The van der Waals surface area contributed by atoms with E-state index < -0.39 is 5.60 Å². The average molecular weight is 759 g/mol. The minimum atomic E-state index is -0.477. The minimum absolute atomic E-state index is 0.243. The normalized spacial score (nSPS) is 15.0. The summed E-state index contributed by atoms with van der Waals surface area (Å²) < 4.78 is 14.0. The second-order valence-corrected chi connectivity index (χ2v) is 11.9. The third-order valence-electron chi connectivity index (χ3n) is 4.92. The number of ether oxygens (including phenoxy) is 2. The van der Waals surface area contributed by atoms with Crippen LogP contribution in [0.3, 0.4) is 0 Å². The van der Waals surface area contributed by atoms with Gasteiger partial charge in [0.1, 0.15) is 11.4 Å². The van der Waals surface area contributed by atoms with Gasteiger partial charge in [-0.3, -0.25) is 0 Å². The van der Waals surface area contributed by atoms with Gasteiger partial charge in [-0.05, 0) is 137 Å². The molecule has 0 atom stereocenters. The molecule has 1 amide bonds. The Morgan fingerprint density at radius 2 is 1.61 bits per heavy atom. The monoisotopic (exact) mass is 759 g/mol. The first-order valence-corrected chi connectivity index (χ1v) is 13.2. The van der Waals surface area contributed by atoms with E-state index in [0.717, 1.165) is 23.6 Å². The molecule has 1 saturated heterocycles. The minimum Gasteiger partial charge on any atom is -0.444 e. The molecule has 166 valence electrons. The fourth-order valence-corrected chi connectivity index (χ4v) is 5.77. The molecule has 0 saturated carbocycles. The van der Waals surface area contributed by atoms with Crippen molar-refractivity contribution in [3.05, 3.63) is 58.2 Å². The maximum absolute atomic E-state index is 12.6. The number of carbonyl (C=O) groups is 2. The van der Waals surface area contributed by atoms with Crippen LogP contribution in [-0.4, -0.2) is 35.7 Å². The molecule has 1 heterocycles. The number of nitrogens with zero attached hydrogens (tertiary/aromatic N) is 1. The van der Waals surface area contributed by atoms with Gasteiger partial charge in [0.25, 0.3) is 0 Å². The predicted octanol–water partition coefficient (Wildman–Crippen LogP) is 6.83. The third kappa shape index (κ3) is 6.92. The van der Waals surface area contributed by atoms with E-state index in [1.54, 1.807) is 4.90 Å². The molecule has 1 aliphatic rings. The van der Waals surface area contributed by atoms with E-state index >= 15 is 0 Å². The molecule has 5 nitrogen and oxygen atoms in total. The number of likely N-dealkylation sites (tertiary alicyclic amines) is 1. The number of amides is 1. The van der Waals surface area contributed by atoms with Gasteiger partial charge in [0.05, 0.1) is 5.56 Å². The number of carbonyl (C=O) groups excluding carboxylic acids is 2. The van der Waals surface area contributed by atoms with E-state index in [2.05, 4.69) is 67.8 Å². The molecule has 0 radical (unpaired) electrons. The summed E-state index contributed by atoms with van der Waals surface area (Å²) in [7, 11) is 0. The first-order chi connectivity index (χ1) is 14.5. The van der Waals surface area contributed by atoms with E-state index in [1.165, 1.54) is 5.56 Å². The second kappa shape index (κ2) is 10.5. The van der Waals surface area contributed by atoms with Gasteiger partial charge in [-0.25, -0.2) is 9.59 Å². The van der Waals surface area contributed by atoms with Crippen molar-refractivity contribution in [1.29, 1.82) is 0 Å². The molecule has 0 spiro atoms. The summed E-state index contributed by atoms with van der Waals surface area (Å²) in [6.07, 6.45) is 1.53. The Labute approximate surface area is 224 Å². The van der Waals surface area contributed by atoms with Gasteiger partial charge in [-0.15, -0.1) is 0 Å². The molecular formula is C23H24I3NO4. The van der Waals surface area contributed by atoms with Crippen molar-refractivity contribution in [3.8, 4) is 5.75 Å². The van der Waals surface area contributed by atoms with Gasteiger partial charge in [0, 0.05) is 23.8 Å². The molecular weight excluding hydrogens is 735 g/mol. The fourth-order valence-electron chi connectivity index (χ4n) is 3.40. The van der Waals surface area contributed by atoms with Crippen LogP contribution in [0.15, 0.2) is 36.4 Å². The van der Waals surface area contributed by atoms with E-state index in [1.807, 2.05) is 57.2 Å². The highest BCUT2D eigenvalue weighted by Crippen LogP contribution is 2.30. The molecule has 1 fully saturated rings. The summed E-state index contributed by atoms with van der Waals surface area (Å²) >= 11 is 6.61. The second-order valence-electron chi connectivity index (χ2n) is 8.45. The number of benzene rings is 2. The molecule has 1 aliphatic heterocycles. The van der Waals surface area contributed by atoms with Gasteiger partial charge in [-0.2, -0.15) is 0 Å². The van der Waals surface area contributed by atoms with Crippen molar-refractivity contribution in [2.75, 3.05) is 13.1 Å². The van der Waals surface area contributed by atoms with Crippen molar-refractivity contribution in [2.24, 2.45) is 0 Å². The molecule has 8 heteroatoms. The highest BCUT2D eigenvalue weighted by Gasteiger charge is 2.27. The maximum atomic E-state index is 12.6. The lowest BCUT2D eigenvalue weighted by molar-refractivity contribution is 0.0204. The summed E-state index contributed by atoms with van der Waals surface area (Å²) in [6, 6.07) is 11.6. The summed E-state index contributed by atoms with van der Waals surface area (Å²) in [6.45, 7) is 7.00. The molecule has 0 N–H and O–H groups in total. The van der Waals surface area contributed by atoms with Gasteiger partial charge in [-0.1, -0.05) is 12.1 Å². The zero-order valence-corrected chi connectivity index (χ0v) is 24.1. The van der Waals surface area contributed by atoms with Crippen molar-refractivity contribution in [2.45, 2.75) is 45.1 Å². The van der Waals surface area contributed by atoms with Gasteiger partial charge in [0.15, 0.2) is 0 Å². The Balaban J connectivity index is 1.59. The van der Waals surface area contributed by atoms with Crippen LogP contribution in [0.2, 0.25) is 0 Å².